The summed E-state index contributed by atoms with van der Waals surface area (Å²) < 4.78 is 28.0. The van der Waals surface area contributed by atoms with E-state index in [2.05, 4.69) is 4.90 Å². The Morgan fingerprint density at radius 3 is 2.17 bits per heavy atom. The Hall–Kier alpha value is -3.35. The van der Waals surface area contributed by atoms with Crippen molar-refractivity contribution in [3.05, 3.63) is 50.9 Å². The van der Waals surface area contributed by atoms with E-state index in [9.17, 15) is 4.79 Å². The molecule has 0 fully saturated rings. The molecular formula is C23H25NO6. The van der Waals surface area contributed by atoms with Crippen LogP contribution in [0.3, 0.4) is 0 Å². The number of fused-ring (bicyclic) bond motifs is 2. The molecule has 1 aliphatic rings. The Bertz CT molecular complexity index is 1170. The van der Waals surface area contributed by atoms with Gasteiger partial charge in [-0.3, -0.25) is 0 Å². The van der Waals surface area contributed by atoms with Crippen LogP contribution in [0, 0.1) is 20.8 Å². The molecular weight excluding hydrogens is 386 g/mol. The number of rotatable bonds is 4. The fourth-order valence-corrected chi connectivity index (χ4v) is 3.91. The van der Waals surface area contributed by atoms with Crippen molar-refractivity contribution in [2.45, 2.75) is 27.3 Å². The third-order valence-corrected chi connectivity index (χ3v) is 5.74. The summed E-state index contributed by atoms with van der Waals surface area (Å²) in [5, 5.41) is 0.929. The molecule has 2 aromatic carbocycles. The number of methoxy groups -OCH3 is 3. The number of aryl methyl sites for hydroxylation is 2. The smallest absolute Gasteiger partial charge is 0.339 e. The Balaban J connectivity index is 1.81. The molecule has 0 atom stereocenters. The maximum Gasteiger partial charge on any atom is 0.339 e. The molecule has 0 saturated carbocycles. The van der Waals surface area contributed by atoms with Crippen molar-refractivity contribution >= 4 is 16.7 Å². The molecule has 0 aliphatic carbocycles. The predicted molar refractivity (Wildman–Crippen MR) is 114 cm³/mol. The Kier molecular flexibility index (Phi) is 4.97. The molecule has 0 spiro atoms. The third-order valence-electron chi connectivity index (χ3n) is 5.74. The lowest BCUT2D eigenvalue weighted by atomic mass is 9.99. The van der Waals surface area contributed by atoms with E-state index in [0.717, 1.165) is 33.5 Å². The molecule has 0 saturated heterocycles. The van der Waals surface area contributed by atoms with Gasteiger partial charge >= 0.3 is 5.63 Å². The molecule has 7 heteroatoms. The summed E-state index contributed by atoms with van der Waals surface area (Å²) in [5.41, 5.74) is 4.59. The molecule has 3 aromatic rings. The quantitative estimate of drug-likeness (QED) is 0.599. The molecule has 7 nitrogen and oxygen atoms in total. The summed E-state index contributed by atoms with van der Waals surface area (Å²) in [4.78, 5) is 14.2. The van der Waals surface area contributed by atoms with Crippen molar-refractivity contribution in [3.63, 3.8) is 0 Å². The fourth-order valence-electron chi connectivity index (χ4n) is 3.91. The van der Waals surface area contributed by atoms with Crippen molar-refractivity contribution in [2.24, 2.45) is 0 Å². The van der Waals surface area contributed by atoms with Crippen LogP contribution >= 0.6 is 0 Å². The van der Waals surface area contributed by atoms with Gasteiger partial charge in [0.1, 0.15) is 11.3 Å². The molecule has 0 unspecified atom stereocenters. The van der Waals surface area contributed by atoms with Crippen molar-refractivity contribution in [3.8, 4) is 23.0 Å². The van der Waals surface area contributed by atoms with E-state index in [1.165, 1.54) is 0 Å². The first-order valence-electron chi connectivity index (χ1n) is 9.63. The van der Waals surface area contributed by atoms with Gasteiger partial charge in [0.25, 0.3) is 0 Å². The highest BCUT2D eigenvalue weighted by molar-refractivity contribution is 5.87. The van der Waals surface area contributed by atoms with Crippen molar-refractivity contribution in [2.75, 3.05) is 33.0 Å². The van der Waals surface area contributed by atoms with E-state index in [1.807, 2.05) is 32.0 Å². The highest BCUT2D eigenvalue weighted by atomic mass is 16.5. The van der Waals surface area contributed by atoms with E-state index in [0.29, 0.717) is 41.7 Å². The van der Waals surface area contributed by atoms with Gasteiger partial charge in [0.05, 0.1) is 21.3 Å². The molecule has 1 aliphatic heterocycles. The summed E-state index contributed by atoms with van der Waals surface area (Å²) in [6.45, 7) is 6.62. The Morgan fingerprint density at radius 1 is 0.900 bits per heavy atom. The van der Waals surface area contributed by atoms with Gasteiger partial charge in [0.15, 0.2) is 18.2 Å². The standard InChI is InChI=1S/C23H25NO6/c1-12-13(2)23(25)30-21-14(3)20-15(7-17(12)21)10-24(11-29-20)16-8-18(26-4)22(28-6)19(9-16)27-5/h7-9H,10-11H2,1-6H3. The molecule has 1 aromatic heterocycles. The van der Waals surface area contributed by atoms with Crippen LogP contribution in [0.25, 0.3) is 11.0 Å². The zero-order valence-corrected chi connectivity index (χ0v) is 18.0. The van der Waals surface area contributed by atoms with E-state index in [-0.39, 0.29) is 5.63 Å². The maximum absolute atomic E-state index is 12.1. The summed E-state index contributed by atoms with van der Waals surface area (Å²) in [5.74, 6) is 2.48. The van der Waals surface area contributed by atoms with Crippen LogP contribution in [-0.2, 0) is 6.54 Å². The largest absolute Gasteiger partial charge is 0.493 e. The number of nitrogens with zero attached hydrogens (tertiary/aromatic N) is 1. The molecule has 30 heavy (non-hydrogen) atoms. The second-order valence-electron chi connectivity index (χ2n) is 7.36. The number of hydrogen-bond donors (Lipinski definition) is 0. The highest BCUT2D eigenvalue weighted by Crippen LogP contribution is 2.43. The predicted octanol–water partition coefficient (Wildman–Crippen LogP) is 4.10. The first-order chi connectivity index (χ1) is 14.4. The second-order valence-corrected chi connectivity index (χ2v) is 7.36. The second kappa shape index (κ2) is 7.48. The van der Waals surface area contributed by atoms with E-state index >= 15 is 0 Å². The summed E-state index contributed by atoms with van der Waals surface area (Å²) in [7, 11) is 4.77. The fraction of sp³-hybridized carbons (Fsp3) is 0.348. The zero-order valence-electron chi connectivity index (χ0n) is 18.0. The summed E-state index contributed by atoms with van der Waals surface area (Å²) in [6.07, 6.45) is 0. The van der Waals surface area contributed by atoms with Crippen LogP contribution in [0.5, 0.6) is 23.0 Å². The van der Waals surface area contributed by atoms with Crippen LogP contribution in [0.4, 0.5) is 5.69 Å². The lowest BCUT2D eigenvalue weighted by molar-refractivity contribution is 0.286. The summed E-state index contributed by atoms with van der Waals surface area (Å²) in [6, 6.07) is 5.85. The van der Waals surface area contributed by atoms with Crippen LogP contribution in [0.1, 0.15) is 22.3 Å². The van der Waals surface area contributed by atoms with Crippen LogP contribution in [0.2, 0.25) is 0 Å². The Labute approximate surface area is 174 Å². The minimum atomic E-state index is -0.307. The number of anilines is 1. The topological polar surface area (TPSA) is 70.4 Å². The monoisotopic (exact) mass is 411 g/mol. The average Bonchev–Trinajstić information content (AvgIpc) is 2.77. The highest BCUT2D eigenvalue weighted by Gasteiger charge is 2.25. The first-order valence-corrected chi connectivity index (χ1v) is 9.63. The molecule has 4 rings (SSSR count). The van der Waals surface area contributed by atoms with Gasteiger partial charge in [0.2, 0.25) is 5.75 Å². The third kappa shape index (κ3) is 3.01. The van der Waals surface area contributed by atoms with Crippen molar-refractivity contribution < 1.29 is 23.4 Å². The molecule has 158 valence electrons. The average molecular weight is 411 g/mol. The van der Waals surface area contributed by atoms with Gasteiger partial charge in [-0.15, -0.1) is 0 Å². The van der Waals surface area contributed by atoms with Gasteiger partial charge < -0.3 is 28.3 Å². The summed E-state index contributed by atoms with van der Waals surface area (Å²) >= 11 is 0. The minimum absolute atomic E-state index is 0.307. The molecule has 2 heterocycles. The molecule has 0 N–H and O–H groups in total. The zero-order chi connectivity index (χ0) is 21.6. The SMILES string of the molecule is COc1cc(N2COc3c(cc4c(C)c(C)c(=O)oc4c3C)C2)cc(OC)c1OC. The van der Waals surface area contributed by atoms with Gasteiger partial charge in [-0.25, -0.2) is 4.79 Å². The van der Waals surface area contributed by atoms with Crippen molar-refractivity contribution in [1.82, 2.24) is 0 Å². The molecule has 0 bridgehead atoms. The van der Waals surface area contributed by atoms with E-state index in [1.54, 1.807) is 28.3 Å². The van der Waals surface area contributed by atoms with Crippen LogP contribution < -0.4 is 29.5 Å². The first kappa shape index (κ1) is 19.9. The minimum Gasteiger partial charge on any atom is -0.493 e. The molecule has 0 amide bonds. The van der Waals surface area contributed by atoms with Crippen LogP contribution in [-0.4, -0.2) is 28.1 Å². The van der Waals surface area contributed by atoms with Crippen LogP contribution in [0.15, 0.2) is 27.4 Å². The maximum atomic E-state index is 12.1. The van der Waals surface area contributed by atoms with Gasteiger partial charge in [-0.05, 0) is 32.4 Å². The van der Waals surface area contributed by atoms with Gasteiger partial charge in [-0.2, -0.15) is 0 Å². The van der Waals surface area contributed by atoms with E-state index in [4.69, 9.17) is 23.4 Å². The van der Waals surface area contributed by atoms with Gasteiger partial charge in [-0.1, -0.05) is 0 Å². The lowest BCUT2D eigenvalue weighted by Crippen LogP contribution is -2.32. The molecule has 0 radical (unpaired) electrons. The number of benzene rings is 2. The normalized spacial score (nSPS) is 13.1. The van der Waals surface area contributed by atoms with E-state index < -0.39 is 0 Å². The van der Waals surface area contributed by atoms with Crippen molar-refractivity contribution in [1.29, 1.82) is 0 Å². The Morgan fingerprint density at radius 2 is 1.57 bits per heavy atom. The lowest BCUT2D eigenvalue weighted by Gasteiger charge is -2.32. The van der Waals surface area contributed by atoms with Gasteiger partial charge in [0, 0.05) is 46.4 Å². The number of hydrogen-bond acceptors (Lipinski definition) is 7. The number of ether oxygens (including phenoxy) is 4.